The van der Waals surface area contributed by atoms with Crippen molar-refractivity contribution in [3.8, 4) is 0 Å². The second kappa shape index (κ2) is 6.98. The number of primary amides is 1. The fourth-order valence-electron chi connectivity index (χ4n) is 6.02. The van der Waals surface area contributed by atoms with Gasteiger partial charge in [-0.25, -0.2) is 4.98 Å². The summed E-state index contributed by atoms with van der Waals surface area (Å²) in [6.45, 7) is 4.41. The Hall–Kier alpha value is -2.60. The number of fused-ring (bicyclic) bond motifs is 4. The SMILES string of the molecule is C.NC(=O)c1c2c(c(N3CCC4(CCNCC4)C3)n3c1nc1ccccc13)CCC2. The van der Waals surface area contributed by atoms with Gasteiger partial charge in [-0.3, -0.25) is 9.20 Å². The molecule has 1 spiro atoms. The molecule has 158 valence electrons. The summed E-state index contributed by atoms with van der Waals surface area (Å²) in [5.74, 6) is 0.910. The molecule has 0 unspecified atom stereocenters. The van der Waals surface area contributed by atoms with Crippen molar-refractivity contribution in [1.82, 2.24) is 14.7 Å². The molecule has 1 aliphatic carbocycles. The summed E-state index contributed by atoms with van der Waals surface area (Å²) in [6, 6.07) is 8.20. The number of para-hydroxylation sites is 2. The quantitative estimate of drug-likeness (QED) is 0.686. The molecule has 3 aliphatic rings. The van der Waals surface area contributed by atoms with Crippen LogP contribution in [0, 0.1) is 5.41 Å². The van der Waals surface area contributed by atoms with Crippen LogP contribution in [0.2, 0.25) is 0 Å². The molecule has 1 amide bonds. The highest BCUT2D eigenvalue weighted by molar-refractivity contribution is 6.03. The molecule has 6 rings (SSSR count). The lowest BCUT2D eigenvalue weighted by Crippen LogP contribution is -2.39. The van der Waals surface area contributed by atoms with Crippen molar-refractivity contribution in [2.45, 2.75) is 46.0 Å². The van der Waals surface area contributed by atoms with E-state index in [1.807, 2.05) is 12.1 Å². The van der Waals surface area contributed by atoms with Crippen molar-refractivity contribution in [3.05, 3.63) is 41.0 Å². The van der Waals surface area contributed by atoms with Crippen molar-refractivity contribution in [1.29, 1.82) is 0 Å². The van der Waals surface area contributed by atoms with Gasteiger partial charge in [0.25, 0.3) is 5.91 Å². The second-order valence-electron chi connectivity index (χ2n) is 9.05. The number of anilines is 1. The Morgan fingerprint density at radius 3 is 2.67 bits per heavy atom. The summed E-state index contributed by atoms with van der Waals surface area (Å²) in [7, 11) is 0. The minimum absolute atomic E-state index is 0. The maximum absolute atomic E-state index is 12.5. The molecule has 0 atom stereocenters. The Morgan fingerprint density at radius 1 is 1.10 bits per heavy atom. The first kappa shape index (κ1) is 19.4. The number of nitrogens with zero attached hydrogens (tertiary/aromatic N) is 3. The Bertz CT molecular complexity index is 1140. The first-order valence-corrected chi connectivity index (χ1v) is 10.9. The standard InChI is InChI=1S/C23H27N5O.CH4/c24-20(29)19-15-4-3-5-16(15)22(27-13-10-23(14-27)8-11-25-12-9-23)28-18-7-2-1-6-17(18)26-21(19)28;/h1-2,6-7,25H,3-5,8-14H2,(H2,24,29);1H4. The number of benzene rings is 1. The first-order valence-electron chi connectivity index (χ1n) is 10.9. The van der Waals surface area contributed by atoms with Crippen LogP contribution in [0.25, 0.3) is 16.7 Å². The van der Waals surface area contributed by atoms with Crippen LogP contribution in [0.3, 0.4) is 0 Å². The van der Waals surface area contributed by atoms with E-state index in [1.54, 1.807) is 0 Å². The number of amides is 1. The zero-order chi connectivity index (χ0) is 19.6. The van der Waals surface area contributed by atoms with Crippen LogP contribution in [0.4, 0.5) is 5.82 Å². The second-order valence-corrected chi connectivity index (χ2v) is 9.05. The molecular formula is C24H31N5O. The average molecular weight is 406 g/mol. The Morgan fingerprint density at radius 2 is 1.87 bits per heavy atom. The number of nitrogens with one attached hydrogen (secondary N) is 1. The van der Waals surface area contributed by atoms with E-state index in [4.69, 9.17) is 10.7 Å². The lowest BCUT2D eigenvalue weighted by molar-refractivity contribution is 0.100. The number of hydrogen-bond donors (Lipinski definition) is 2. The van der Waals surface area contributed by atoms with Gasteiger partial charge in [-0.2, -0.15) is 0 Å². The lowest BCUT2D eigenvalue weighted by atomic mass is 9.78. The third-order valence-corrected chi connectivity index (χ3v) is 7.43. The van der Waals surface area contributed by atoms with Crippen LogP contribution in [-0.2, 0) is 12.8 Å². The number of aromatic nitrogens is 2. The van der Waals surface area contributed by atoms with Crippen LogP contribution in [-0.4, -0.2) is 41.5 Å². The summed E-state index contributed by atoms with van der Waals surface area (Å²) < 4.78 is 2.24. The summed E-state index contributed by atoms with van der Waals surface area (Å²) in [6.07, 6.45) is 6.76. The van der Waals surface area contributed by atoms with Crippen LogP contribution < -0.4 is 16.0 Å². The van der Waals surface area contributed by atoms with Gasteiger partial charge in [-0.1, -0.05) is 19.6 Å². The molecule has 2 aliphatic heterocycles. The Kier molecular flexibility index (Phi) is 4.51. The summed E-state index contributed by atoms with van der Waals surface area (Å²) >= 11 is 0. The molecule has 2 aromatic heterocycles. The molecule has 0 saturated carbocycles. The van der Waals surface area contributed by atoms with E-state index >= 15 is 0 Å². The van der Waals surface area contributed by atoms with E-state index in [1.165, 1.54) is 30.6 Å². The lowest BCUT2D eigenvalue weighted by Gasteiger charge is -2.34. The number of carbonyl (C=O) groups is 1. The molecule has 3 N–H and O–H groups in total. The molecule has 30 heavy (non-hydrogen) atoms. The van der Waals surface area contributed by atoms with Crippen LogP contribution in [0.1, 0.15) is 54.6 Å². The number of hydrogen-bond acceptors (Lipinski definition) is 4. The van der Waals surface area contributed by atoms with E-state index in [0.717, 1.165) is 67.7 Å². The van der Waals surface area contributed by atoms with Gasteiger partial charge in [0.05, 0.1) is 16.6 Å². The Balaban J connectivity index is 0.00000193. The molecule has 3 aromatic rings. The molecule has 2 saturated heterocycles. The van der Waals surface area contributed by atoms with Crippen molar-refractivity contribution < 1.29 is 4.79 Å². The number of carbonyl (C=O) groups excluding carboxylic acids is 1. The highest BCUT2D eigenvalue weighted by atomic mass is 16.1. The number of nitrogens with two attached hydrogens (primary N) is 1. The fraction of sp³-hybridized carbons (Fsp3) is 0.500. The largest absolute Gasteiger partial charge is 0.365 e. The maximum atomic E-state index is 12.5. The predicted octanol–water partition coefficient (Wildman–Crippen LogP) is 3.29. The number of piperidine rings is 1. The molecule has 6 nitrogen and oxygen atoms in total. The van der Waals surface area contributed by atoms with Crippen molar-refractivity contribution >= 4 is 28.4 Å². The molecule has 0 radical (unpaired) electrons. The monoisotopic (exact) mass is 405 g/mol. The normalized spacial score (nSPS) is 20.1. The minimum Gasteiger partial charge on any atom is -0.365 e. The topological polar surface area (TPSA) is 75.7 Å². The van der Waals surface area contributed by atoms with Gasteiger partial charge in [0, 0.05) is 13.1 Å². The maximum Gasteiger partial charge on any atom is 0.252 e. The summed E-state index contributed by atoms with van der Waals surface area (Å²) in [5, 5.41) is 3.52. The molecule has 4 heterocycles. The van der Waals surface area contributed by atoms with E-state index in [2.05, 4.69) is 26.8 Å². The van der Waals surface area contributed by atoms with E-state index in [9.17, 15) is 4.79 Å². The third kappa shape index (κ3) is 2.66. The first-order chi connectivity index (χ1) is 14.2. The minimum atomic E-state index is -0.355. The Labute approximate surface area is 177 Å². The van der Waals surface area contributed by atoms with Crippen molar-refractivity contribution in [2.24, 2.45) is 11.1 Å². The van der Waals surface area contributed by atoms with Crippen LogP contribution in [0.15, 0.2) is 24.3 Å². The van der Waals surface area contributed by atoms with Gasteiger partial charge in [0.1, 0.15) is 5.82 Å². The van der Waals surface area contributed by atoms with Crippen LogP contribution in [0.5, 0.6) is 0 Å². The highest BCUT2D eigenvalue weighted by Gasteiger charge is 2.41. The zero-order valence-electron chi connectivity index (χ0n) is 16.7. The van der Waals surface area contributed by atoms with Gasteiger partial charge in [-0.05, 0) is 80.3 Å². The van der Waals surface area contributed by atoms with E-state index < -0.39 is 0 Å². The molecule has 2 fully saturated rings. The molecule has 1 aromatic carbocycles. The van der Waals surface area contributed by atoms with Crippen molar-refractivity contribution in [2.75, 3.05) is 31.1 Å². The van der Waals surface area contributed by atoms with Gasteiger partial charge < -0.3 is 16.0 Å². The highest BCUT2D eigenvalue weighted by Crippen LogP contribution is 2.44. The van der Waals surface area contributed by atoms with E-state index in [0.29, 0.717) is 11.0 Å². The number of imidazole rings is 1. The summed E-state index contributed by atoms with van der Waals surface area (Å²) in [5.41, 5.74) is 12.1. The fourth-order valence-corrected chi connectivity index (χ4v) is 6.02. The average Bonchev–Trinajstić information content (AvgIpc) is 3.44. The number of pyridine rings is 1. The molecule has 0 bridgehead atoms. The molecular weight excluding hydrogens is 374 g/mol. The van der Waals surface area contributed by atoms with E-state index in [-0.39, 0.29) is 13.3 Å². The van der Waals surface area contributed by atoms with Gasteiger partial charge >= 0.3 is 0 Å². The predicted molar refractivity (Wildman–Crippen MR) is 121 cm³/mol. The zero-order valence-corrected chi connectivity index (χ0v) is 16.7. The van der Waals surface area contributed by atoms with Gasteiger partial charge in [-0.15, -0.1) is 0 Å². The van der Waals surface area contributed by atoms with Crippen LogP contribution >= 0.6 is 0 Å². The third-order valence-electron chi connectivity index (χ3n) is 7.43. The smallest absolute Gasteiger partial charge is 0.252 e. The van der Waals surface area contributed by atoms with Crippen molar-refractivity contribution in [3.63, 3.8) is 0 Å². The summed E-state index contributed by atoms with van der Waals surface area (Å²) in [4.78, 5) is 19.9. The number of rotatable bonds is 2. The van der Waals surface area contributed by atoms with Gasteiger partial charge in [0.2, 0.25) is 0 Å². The van der Waals surface area contributed by atoms with Gasteiger partial charge in [0.15, 0.2) is 5.65 Å². The molecule has 6 heteroatoms.